The number of rotatable bonds is 6. The molecule has 2 aromatic heterocycles. The van der Waals surface area contributed by atoms with Crippen molar-refractivity contribution in [2.75, 3.05) is 16.7 Å². The molecule has 2 heterocycles. The number of nitrogens with zero attached hydrogens (tertiary/aromatic N) is 2. The number of anilines is 2. The van der Waals surface area contributed by atoms with Crippen LogP contribution in [0.3, 0.4) is 0 Å². The fraction of sp³-hybridized carbons (Fsp3) is 0.238. The van der Waals surface area contributed by atoms with Gasteiger partial charge < -0.3 is 9.84 Å². The van der Waals surface area contributed by atoms with Gasteiger partial charge in [-0.2, -0.15) is 0 Å². The SMILES string of the molecule is CC(=O)Nc1c(C)noc1/C=C/c1ccc(S(=O)(=O)N(C)c2ccc(C)c(C)c2)s1. The highest BCUT2D eigenvalue weighted by atomic mass is 32.2. The number of aromatic nitrogens is 1. The van der Waals surface area contributed by atoms with Crippen molar-refractivity contribution < 1.29 is 17.7 Å². The first-order valence-corrected chi connectivity index (χ1v) is 11.4. The van der Waals surface area contributed by atoms with Gasteiger partial charge in [-0.05, 0) is 68.3 Å². The highest BCUT2D eigenvalue weighted by molar-refractivity contribution is 7.94. The monoisotopic (exact) mass is 445 g/mol. The van der Waals surface area contributed by atoms with Crippen LogP contribution >= 0.6 is 11.3 Å². The Hall–Kier alpha value is -2.91. The molecule has 0 aliphatic rings. The van der Waals surface area contributed by atoms with Crippen molar-refractivity contribution in [1.29, 1.82) is 0 Å². The van der Waals surface area contributed by atoms with Crippen LogP contribution in [0.2, 0.25) is 0 Å². The Morgan fingerprint density at radius 3 is 2.53 bits per heavy atom. The van der Waals surface area contributed by atoms with Crippen LogP contribution in [-0.4, -0.2) is 26.5 Å². The highest BCUT2D eigenvalue weighted by Crippen LogP contribution is 2.30. The zero-order valence-corrected chi connectivity index (χ0v) is 19.0. The molecule has 3 rings (SSSR count). The van der Waals surface area contributed by atoms with E-state index in [1.165, 1.54) is 11.2 Å². The summed E-state index contributed by atoms with van der Waals surface area (Å²) in [6.07, 6.45) is 3.38. The second-order valence-electron chi connectivity index (χ2n) is 6.92. The molecular weight excluding hydrogens is 422 g/mol. The normalized spacial score (nSPS) is 11.8. The van der Waals surface area contributed by atoms with E-state index < -0.39 is 10.0 Å². The number of hydrogen-bond acceptors (Lipinski definition) is 6. The summed E-state index contributed by atoms with van der Waals surface area (Å²) in [5, 5.41) is 6.54. The topological polar surface area (TPSA) is 92.5 Å². The van der Waals surface area contributed by atoms with Gasteiger partial charge in [-0.25, -0.2) is 8.42 Å². The molecule has 0 fully saturated rings. The van der Waals surface area contributed by atoms with Gasteiger partial charge >= 0.3 is 0 Å². The fourth-order valence-electron chi connectivity index (χ4n) is 2.74. The molecule has 0 saturated carbocycles. The molecule has 1 N–H and O–H groups in total. The van der Waals surface area contributed by atoms with E-state index in [4.69, 9.17) is 4.52 Å². The second-order valence-corrected chi connectivity index (χ2v) is 10.2. The zero-order valence-electron chi connectivity index (χ0n) is 17.4. The summed E-state index contributed by atoms with van der Waals surface area (Å²) in [4.78, 5) is 12.1. The Bertz CT molecular complexity index is 1220. The summed E-state index contributed by atoms with van der Waals surface area (Å²) in [7, 11) is -2.13. The average Bonchev–Trinajstić information content (AvgIpc) is 3.29. The molecule has 158 valence electrons. The van der Waals surface area contributed by atoms with Crippen LogP contribution in [-0.2, 0) is 14.8 Å². The molecule has 0 spiro atoms. The van der Waals surface area contributed by atoms with Crippen LogP contribution in [0, 0.1) is 20.8 Å². The molecule has 1 aromatic carbocycles. The maximum Gasteiger partial charge on any atom is 0.273 e. The predicted molar refractivity (Wildman–Crippen MR) is 120 cm³/mol. The summed E-state index contributed by atoms with van der Waals surface area (Å²) in [5.74, 6) is 0.169. The number of thiophene rings is 1. The van der Waals surface area contributed by atoms with E-state index in [-0.39, 0.29) is 10.1 Å². The van der Waals surface area contributed by atoms with Crippen molar-refractivity contribution in [1.82, 2.24) is 5.16 Å². The van der Waals surface area contributed by atoms with Crippen LogP contribution in [0.25, 0.3) is 12.2 Å². The lowest BCUT2D eigenvalue weighted by Crippen LogP contribution is -2.25. The van der Waals surface area contributed by atoms with Crippen molar-refractivity contribution in [3.8, 4) is 0 Å². The van der Waals surface area contributed by atoms with E-state index in [9.17, 15) is 13.2 Å². The van der Waals surface area contributed by atoms with Gasteiger partial charge in [0.1, 0.15) is 15.6 Å². The lowest BCUT2D eigenvalue weighted by Gasteiger charge is -2.19. The Morgan fingerprint density at radius 1 is 1.13 bits per heavy atom. The molecule has 30 heavy (non-hydrogen) atoms. The van der Waals surface area contributed by atoms with Crippen molar-refractivity contribution in [2.45, 2.75) is 31.9 Å². The van der Waals surface area contributed by atoms with Gasteiger partial charge in [-0.1, -0.05) is 11.2 Å². The van der Waals surface area contributed by atoms with Crippen molar-refractivity contribution in [3.63, 3.8) is 0 Å². The molecule has 7 nitrogen and oxygen atoms in total. The number of hydrogen-bond donors (Lipinski definition) is 1. The van der Waals surface area contributed by atoms with Crippen molar-refractivity contribution in [2.24, 2.45) is 0 Å². The van der Waals surface area contributed by atoms with Crippen LogP contribution in [0.5, 0.6) is 0 Å². The summed E-state index contributed by atoms with van der Waals surface area (Å²) in [6.45, 7) is 7.07. The third-order valence-corrected chi connectivity index (χ3v) is 7.96. The van der Waals surface area contributed by atoms with Crippen LogP contribution in [0.4, 0.5) is 11.4 Å². The van der Waals surface area contributed by atoms with Crippen LogP contribution in [0.15, 0.2) is 39.1 Å². The molecule has 3 aromatic rings. The molecule has 0 bridgehead atoms. The quantitative estimate of drug-likeness (QED) is 0.598. The molecule has 0 aliphatic heterocycles. The van der Waals surface area contributed by atoms with Gasteiger partial charge in [-0.15, -0.1) is 11.3 Å². The highest BCUT2D eigenvalue weighted by Gasteiger charge is 2.23. The lowest BCUT2D eigenvalue weighted by atomic mass is 10.1. The van der Waals surface area contributed by atoms with Gasteiger partial charge in [-0.3, -0.25) is 9.10 Å². The number of benzene rings is 1. The number of carbonyl (C=O) groups excluding carboxylic acids is 1. The van der Waals surface area contributed by atoms with E-state index in [1.807, 2.05) is 26.0 Å². The Morgan fingerprint density at radius 2 is 1.87 bits per heavy atom. The first-order chi connectivity index (χ1) is 14.1. The van der Waals surface area contributed by atoms with Gasteiger partial charge in [0.15, 0.2) is 5.76 Å². The predicted octanol–water partition coefficient (Wildman–Crippen LogP) is 4.62. The number of nitrogens with one attached hydrogen (secondary N) is 1. The van der Waals surface area contributed by atoms with E-state index in [1.54, 1.807) is 44.3 Å². The Balaban J connectivity index is 1.84. The van der Waals surface area contributed by atoms with Gasteiger partial charge in [0.2, 0.25) is 5.91 Å². The van der Waals surface area contributed by atoms with E-state index >= 15 is 0 Å². The minimum absolute atomic E-state index is 0.227. The number of amides is 1. The van der Waals surface area contributed by atoms with Gasteiger partial charge in [0.05, 0.1) is 5.69 Å². The molecule has 0 saturated heterocycles. The number of sulfonamides is 1. The Labute approximate surface area is 180 Å². The molecule has 0 atom stereocenters. The lowest BCUT2D eigenvalue weighted by molar-refractivity contribution is -0.114. The molecule has 9 heteroatoms. The largest absolute Gasteiger partial charge is 0.354 e. The molecule has 0 aliphatic carbocycles. The smallest absolute Gasteiger partial charge is 0.273 e. The number of aryl methyl sites for hydroxylation is 3. The third-order valence-electron chi connectivity index (χ3n) is 4.66. The molecule has 0 unspecified atom stereocenters. The van der Waals surface area contributed by atoms with Gasteiger partial charge in [0.25, 0.3) is 10.0 Å². The van der Waals surface area contributed by atoms with Crippen LogP contribution < -0.4 is 9.62 Å². The van der Waals surface area contributed by atoms with Crippen molar-refractivity contribution in [3.05, 3.63) is 57.8 Å². The van der Waals surface area contributed by atoms with Gasteiger partial charge in [0, 0.05) is 18.8 Å². The molecule has 1 amide bonds. The first-order valence-electron chi connectivity index (χ1n) is 9.17. The third kappa shape index (κ3) is 4.47. The maximum atomic E-state index is 13.0. The minimum Gasteiger partial charge on any atom is -0.354 e. The minimum atomic E-state index is -3.68. The summed E-state index contributed by atoms with van der Waals surface area (Å²) in [5.41, 5.74) is 3.81. The maximum absolute atomic E-state index is 13.0. The number of carbonyl (C=O) groups is 1. The zero-order chi connectivity index (χ0) is 22.1. The van der Waals surface area contributed by atoms with E-state index in [2.05, 4.69) is 10.5 Å². The summed E-state index contributed by atoms with van der Waals surface area (Å²) < 4.78 is 32.8. The summed E-state index contributed by atoms with van der Waals surface area (Å²) in [6, 6.07) is 8.87. The standard InChI is InChI=1S/C21H23N3O4S2/c1-13-6-7-17(12-14(13)2)24(5)30(26,27)20-11-9-18(29-20)8-10-19-21(22-16(4)25)15(3)23-28-19/h6-12H,1-5H3,(H,22,25)/b10-8+. The van der Waals surface area contributed by atoms with E-state index in [0.717, 1.165) is 27.3 Å². The fourth-order valence-corrected chi connectivity index (χ4v) is 5.33. The molecule has 0 radical (unpaired) electrons. The molecular formula is C21H23N3O4S2. The Kier molecular flexibility index (Phi) is 6.14. The average molecular weight is 446 g/mol. The van der Waals surface area contributed by atoms with Crippen LogP contribution in [0.1, 0.15) is 34.4 Å². The van der Waals surface area contributed by atoms with E-state index in [0.29, 0.717) is 22.8 Å². The van der Waals surface area contributed by atoms with Crippen molar-refractivity contribution >= 4 is 50.8 Å². The second kappa shape index (κ2) is 8.45. The summed E-state index contributed by atoms with van der Waals surface area (Å²) >= 11 is 1.15. The first kappa shape index (κ1) is 21.8.